The summed E-state index contributed by atoms with van der Waals surface area (Å²) in [6, 6.07) is 12.2. The number of ether oxygens (including phenoxy) is 4. The third-order valence-electron chi connectivity index (χ3n) is 8.82. The molecule has 0 aromatic heterocycles. The van der Waals surface area contributed by atoms with Crippen molar-refractivity contribution in [2.45, 2.75) is 131 Å². The van der Waals surface area contributed by atoms with Gasteiger partial charge < -0.3 is 39.8 Å². The number of aliphatic carboxylic acids is 1. The van der Waals surface area contributed by atoms with Crippen LogP contribution in [0.2, 0.25) is 0 Å². The Morgan fingerprint density at radius 2 is 0.956 bits per heavy atom. The average Bonchev–Trinajstić information content (AvgIpc) is 3.15. The van der Waals surface area contributed by atoms with Gasteiger partial charge in [0.2, 0.25) is 5.91 Å². The number of phenolic OH excluding ortho intramolecular Hbond substituents is 1. The minimum absolute atomic E-state index is 0.0304. The summed E-state index contributed by atoms with van der Waals surface area (Å²) in [5.74, 6) is -3.88. The van der Waals surface area contributed by atoms with Gasteiger partial charge in [0.1, 0.15) is 34.2 Å². The zero-order chi connectivity index (χ0) is 51.5. The van der Waals surface area contributed by atoms with E-state index in [1.807, 2.05) is 0 Å². The Balaban J connectivity index is 2.16. The number of benzene rings is 2. The molecule has 20 nitrogen and oxygen atoms in total. The molecule has 0 aliphatic carbocycles. The van der Waals surface area contributed by atoms with Gasteiger partial charge in [0.15, 0.2) is 0 Å². The second-order valence-corrected chi connectivity index (χ2v) is 20.3. The number of hydrogen-bond donors (Lipinski definition) is 5. The summed E-state index contributed by atoms with van der Waals surface area (Å²) in [4.78, 5) is 99.6. The lowest BCUT2D eigenvalue weighted by Gasteiger charge is -2.30. The van der Waals surface area contributed by atoms with Crippen LogP contribution in [0.4, 0.5) is 4.79 Å². The molecule has 1 atom stereocenters. The maximum absolute atomic E-state index is 13.5. The van der Waals surface area contributed by atoms with Gasteiger partial charge >= 0.3 is 30.0 Å². The summed E-state index contributed by atoms with van der Waals surface area (Å²) >= 11 is 0. The highest BCUT2D eigenvalue weighted by Gasteiger charge is 2.27. The zero-order valence-corrected chi connectivity index (χ0v) is 41.8. The number of aromatic hydroxyl groups is 1. The van der Waals surface area contributed by atoms with Crippen LogP contribution < -0.4 is 16.1 Å². The molecule has 2 aromatic rings. The molecule has 0 saturated carbocycles. The predicted molar refractivity (Wildman–Crippen MR) is 251 cm³/mol. The Hall–Kier alpha value is -5.83. The lowest BCUT2D eigenvalue weighted by atomic mass is 10.1. The number of carboxylic acids is 1. The van der Waals surface area contributed by atoms with E-state index in [0.717, 1.165) is 5.56 Å². The number of rotatable bonds is 25. The highest BCUT2D eigenvalue weighted by Crippen LogP contribution is 2.15. The van der Waals surface area contributed by atoms with Gasteiger partial charge in [0.25, 0.3) is 5.91 Å². The number of esters is 3. The lowest BCUT2D eigenvalue weighted by molar-refractivity contribution is -0.160. The van der Waals surface area contributed by atoms with Gasteiger partial charge in [-0.1, -0.05) is 36.4 Å². The summed E-state index contributed by atoms with van der Waals surface area (Å²) in [5, 5.41) is 24.7. The minimum Gasteiger partial charge on any atom is -0.508 e. The summed E-state index contributed by atoms with van der Waals surface area (Å²) in [6.07, 6.45) is -0.702. The van der Waals surface area contributed by atoms with E-state index >= 15 is 0 Å². The first-order chi connectivity index (χ1) is 31.3. The third-order valence-corrected chi connectivity index (χ3v) is 8.82. The number of hydroxylamine groups is 1. The molecule has 0 radical (unpaired) electrons. The number of carboxylic acid groups (broad SMARTS) is 1. The van der Waals surface area contributed by atoms with E-state index in [-0.39, 0.29) is 83.6 Å². The van der Waals surface area contributed by atoms with Gasteiger partial charge in [-0.25, -0.2) is 10.3 Å². The van der Waals surface area contributed by atoms with Crippen LogP contribution in [0.1, 0.15) is 99.8 Å². The second kappa shape index (κ2) is 26.6. The summed E-state index contributed by atoms with van der Waals surface area (Å²) in [5.41, 5.74) is 1.31. The molecular weight excluding hydrogens is 885 g/mol. The predicted octanol–water partition coefficient (Wildman–Crippen LogP) is 3.71. The van der Waals surface area contributed by atoms with Gasteiger partial charge in [-0.3, -0.25) is 48.3 Å². The molecule has 380 valence electrons. The Morgan fingerprint density at radius 1 is 0.544 bits per heavy atom. The Bertz CT molecular complexity index is 1940. The molecule has 0 saturated heterocycles. The molecule has 0 fully saturated rings. The van der Waals surface area contributed by atoms with Crippen LogP contribution in [-0.2, 0) is 72.1 Å². The number of carbonyl (C=O) groups excluding carboxylic acids is 6. The van der Waals surface area contributed by atoms with E-state index in [1.165, 1.54) is 17.0 Å². The molecule has 3 amide bonds. The van der Waals surface area contributed by atoms with E-state index in [4.69, 9.17) is 23.8 Å². The highest BCUT2D eigenvalue weighted by atomic mass is 16.7. The molecule has 0 heterocycles. The van der Waals surface area contributed by atoms with Crippen LogP contribution in [0.15, 0.2) is 48.5 Å². The molecule has 0 aliphatic rings. The molecule has 2 aromatic carbocycles. The maximum Gasteiger partial charge on any atom is 0.408 e. The van der Waals surface area contributed by atoms with Crippen molar-refractivity contribution in [3.8, 4) is 5.75 Å². The smallest absolute Gasteiger partial charge is 0.408 e. The Morgan fingerprint density at radius 3 is 1.40 bits per heavy atom. The number of hydrogen-bond acceptors (Lipinski definition) is 16. The number of carbonyl (C=O) groups is 7. The van der Waals surface area contributed by atoms with Crippen molar-refractivity contribution < 1.29 is 67.6 Å². The number of nitrogens with one attached hydrogen (secondary N) is 3. The van der Waals surface area contributed by atoms with Crippen LogP contribution in [0.3, 0.4) is 0 Å². The van der Waals surface area contributed by atoms with Crippen LogP contribution >= 0.6 is 0 Å². The van der Waals surface area contributed by atoms with Crippen molar-refractivity contribution >= 4 is 41.8 Å². The molecule has 2 rings (SSSR count). The average molecular weight is 959 g/mol. The topological polar surface area (TPSA) is 252 Å². The van der Waals surface area contributed by atoms with Gasteiger partial charge in [-0.2, -0.15) is 0 Å². The molecular formula is C48H74N6O14. The van der Waals surface area contributed by atoms with Crippen LogP contribution in [0.25, 0.3) is 0 Å². The molecule has 0 bridgehead atoms. The molecule has 20 heteroatoms. The van der Waals surface area contributed by atoms with E-state index < -0.39 is 70.9 Å². The summed E-state index contributed by atoms with van der Waals surface area (Å²) < 4.78 is 21.8. The number of nitrogens with zero attached hydrogens (tertiary/aromatic N) is 3. The van der Waals surface area contributed by atoms with Crippen molar-refractivity contribution in [2.24, 2.45) is 0 Å². The number of phenols is 1. The first kappa shape index (κ1) is 58.3. The molecule has 0 aliphatic heterocycles. The van der Waals surface area contributed by atoms with E-state index in [1.54, 1.807) is 129 Å². The lowest BCUT2D eigenvalue weighted by Crippen LogP contribution is -2.49. The van der Waals surface area contributed by atoms with Crippen molar-refractivity contribution in [1.29, 1.82) is 0 Å². The number of amides is 3. The monoisotopic (exact) mass is 959 g/mol. The first-order valence-electron chi connectivity index (χ1n) is 22.4. The second-order valence-electron chi connectivity index (χ2n) is 20.3. The largest absolute Gasteiger partial charge is 0.508 e. The zero-order valence-electron chi connectivity index (χ0n) is 41.8. The van der Waals surface area contributed by atoms with E-state index in [2.05, 4.69) is 16.1 Å². The summed E-state index contributed by atoms with van der Waals surface area (Å²) in [7, 11) is 0. The van der Waals surface area contributed by atoms with Crippen LogP contribution in [-0.4, -0.2) is 154 Å². The standard InChI is InChI=1S/C48H74N6O14/c1-45(2,3)65-40(59)29-53(28-39(57)58)23-21-52(22-24-54(30-41(60)66-46(4,5)6)31-42(61)67-47(7,8)9)27-38(56)49-26-34-13-15-35(16-14-34)32-64-51-43(62)37(50-44(63)68-48(10,11)12)25-33-17-19-36(55)20-18-33/h13-20,37,55H,21-32H2,1-12H3,(H,49,56)(H,50,63)(H,51,62)(H,57,58)/t37-/m1/s1. The van der Waals surface area contributed by atoms with E-state index in [9.17, 15) is 43.8 Å². The third kappa shape index (κ3) is 27.7. The van der Waals surface area contributed by atoms with Gasteiger partial charge in [0, 0.05) is 39.1 Å². The highest BCUT2D eigenvalue weighted by molar-refractivity contribution is 5.85. The first-order valence-corrected chi connectivity index (χ1v) is 22.4. The van der Waals surface area contributed by atoms with Crippen LogP contribution in [0.5, 0.6) is 5.75 Å². The minimum atomic E-state index is -1.16. The van der Waals surface area contributed by atoms with Crippen LogP contribution in [0, 0.1) is 0 Å². The SMILES string of the molecule is CC(C)(C)OC(=O)CN(CCN(CCN(CC(=O)OC(C)(C)C)CC(=O)OC(C)(C)C)CC(=O)NCc1ccc(CONC(=O)[C@@H](Cc2ccc(O)cc2)NC(=O)OC(C)(C)C)cc1)CC(=O)O. The molecule has 0 spiro atoms. The maximum atomic E-state index is 13.5. The number of alkyl carbamates (subject to hydrolysis) is 1. The fraction of sp³-hybridized carbons (Fsp3) is 0.604. The molecule has 5 N–H and O–H groups in total. The van der Waals surface area contributed by atoms with Gasteiger partial charge in [0.05, 0.1) is 39.3 Å². The molecule has 68 heavy (non-hydrogen) atoms. The Kier molecular flexibility index (Phi) is 22.8. The van der Waals surface area contributed by atoms with Crippen molar-refractivity contribution in [3.63, 3.8) is 0 Å². The Labute approximate surface area is 400 Å². The summed E-state index contributed by atoms with van der Waals surface area (Å²) in [6.45, 7) is 19.6. The van der Waals surface area contributed by atoms with Gasteiger partial charge in [-0.05, 0) is 112 Å². The quantitative estimate of drug-likeness (QED) is 0.0540. The van der Waals surface area contributed by atoms with E-state index in [0.29, 0.717) is 11.1 Å². The van der Waals surface area contributed by atoms with Crippen molar-refractivity contribution in [1.82, 2.24) is 30.8 Å². The normalized spacial score (nSPS) is 12.6. The van der Waals surface area contributed by atoms with Crippen molar-refractivity contribution in [2.75, 3.05) is 58.9 Å². The van der Waals surface area contributed by atoms with Crippen molar-refractivity contribution in [3.05, 3.63) is 65.2 Å². The van der Waals surface area contributed by atoms with Gasteiger partial charge in [-0.15, -0.1) is 0 Å². The molecule has 0 unspecified atom stereocenters. The fourth-order valence-corrected chi connectivity index (χ4v) is 6.13. The fourth-order valence-electron chi connectivity index (χ4n) is 6.13.